The molecule has 1 amide bonds. The lowest BCUT2D eigenvalue weighted by atomic mass is 10.1. The molecule has 1 aromatic heterocycles. The number of nitrogens with two attached hydrogens (primary N) is 1. The number of aliphatic carboxylic acids is 1. The van der Waals surface area contributed by atoms with Crippen molar-refractivity contribution in [2.24, 2.45) is 5.73 Å². The van der Waals surface area contributed by atoms with Gasteiger partial charge in [0.05, 0.1) is 0 Å². The van der Waals surface area contributed by atoms with Crippen molar-refractivity contribution in [3.63, 3.8) is 0 Å². The standard InChI is InChI=1S/C13H20N4O5/c1-8-6-17(13(22)16-11(8)19)7-10(18)15-9(12(20)21)4-2-3-5-14/h6,9H,2-5,7,14H2,1H3,(H,15,18)(H,20,21)(H,16,19,22)/t9-/m1/s1. The highest BCUT2D eigenvalue weighted by Gasteiger charge is 2.19. The minimum atomic E-state index is -1.14. The first-order valence-corrected chi connectivity index (χ1v) is 6.87. The molecular formula is C13H20N4O5. The van der Waals surface area contributed by atoms with Crippen molar-refractivity contribution >= 4 is 11.9 Å². The van der Waals surface area contributed by atoms with E-state index in [2.05, 4.69) is 10.3 Å². The molecule has 0 aliphatic rings. The van der Waals surface area contributed by atoms with E-state index in [0.29, 0.717) is 19.4 Å². The fourth-order valence-corrected chi connectivity index (χ4v) is 1.88. The quantitative estimate of drug-likeness (QED) is 0.431. The third-order valence-corrected chi connectivity index (χ3v) is 3.08. The number of nitrogens with one attached hydrogen (secondary N) is 2. The third kappa shape index (κ3) is 5.17. The van der Waals surface area contributed by atoms with E-state index < -0.39 is 29.2 Å². The summed E-state index contributed by atoms with van der Waals surface area (Å²) in [6.07, 6.45) is 2.76. The zero-order chi connectivity index (χ0) is 16.7. The molecule has 0 unspecified atom stereocenters. The largest absolute Gasteiger partial charge is 0.480 e. The van der Waals surface area contributed by atoms with Gasteiger partial charge in [-0.25, -0.2) is 9.59 Å². The Labute approximate surface area is 126 Å². The predicted molar refractivity (Wildman–Crippen MR) is 78.5 cm³/mol. The lowest BCUT2D eigenvalue weighted by Gasteiger charge is -2.14. The average Bonchev–Trinajstić information content (AvgIpc) is 2.43. The number of H-pyrrole nitrogens is 1. The molecule has 0 saturated carbocycles. The molecule has 9 nitrogen and oxygen atoms in total. The normalized spacial score (nSPS) is 11.9. The van der Waals surface area contributed by atoms with Crippen LogP contribution < -0.4 is 22.3 Å². The van der Waals surface area contributed by atoms with E-state index in [1.165, 1.54) is 13.1 Å². The van der Waals surface area contributed by atoms with E-state index in [-0.39, 0.29) is 18.5 Å². The molecule has 1 heterocycles. The smallest absolute Gasteiger partial charge is 0.328 e. The first-order valence-electron chi connectivity index (χ1n) is 6.87. The molecule has 0 aliphatic heterocycles. The van der Waals surface area contributed by atoms with Gasteiger partial charge >= 0.3 is 11.7 Å². The van der Waals surface area contributed by atoms with Crippen LogP contribution in [0, 0.1) is 6.92 Å². The van der Waals surface area contributed by atoms with Gasteiger partial charge in [-0.05, 0) is 32.7 Å². The lowest BCUT2D eigenvalue weighted by molar-refractivity contribution is -0.142. The van der Waals surface area contributed by atoms with Crippen LogP contribution in [-0.4, -0.2) is 39.1 Å². The summed E-state index contributed by atoms with van der Waals surface area (Å²) in [5.74, 6) is -1.76. The Morgan fingerprint density at radius 1 is 1.41 bits per heavy atom. The van der Waals surface area contributed by atoms with E-state index >= 15 is 0 Å². The molecule has 0 spiro atoms. The van der Waals surface area contributed by atoms with E-state index in [4.69, 9.17) is 10.8 Å². The number of amides is 1. The fourth-order valence-electron chi connectivity index (χ4n) is 1.88. The maximum atomic E-state index is 11.9. The Balaban J connectivity index is 2.71. The maximum absolute atomic E-state index is 11.9. The summed E-state index contributed by atoms with van der Waals surface area (Å²) in [7, 11) is 0. The SMILES string of the molecule is Cc1cn(CC(=O)N[C@H](CCCCN)C(=O)O)c(=O)[nH]c1=O. The van der Waals surface area contributed by atoms with E-state index in [0.717, 1.165) is 4.57 Å². The van der Waals surface area contributed by atoms with Crippen LogP contribution in [0.1, 0.15) is 24.8 Å². The Morgan fingerprint density at radius 2 is 2.09 bits per heavy atom. The number of aryl methyl sites for hydroxylation is 1. The molecule has 122 valence electrons. The minimum Gasteiger partial charge on any atom is -0.480 e. The van der Waals surface area contributed by atoms with Crippen molar-refractivity contribution in [1.82, 2.24) is 14.9 Å². The van der Waals surface area contributed by atoms with Gasteiger partial charge in [0.2, 0.25) is 5.91 Å². The summed E-state index contributed by atoms with van der Waals surface area (Å²) in [5, 5.41) is 11.4. The lowest BCUT2D eigenvalue weighted by Crippen LogP contribution is -2.44. The van der Waals surface area contributed by atoms with Crippen LogP contribution in [-0.2, 0) is 16.1 Å². The summed E-state index contributed by atoms with van der Waals surface area (Å²) in [6.45, 7) is 1.59. The molecule has 9 heteroatoms. The topological polar surface area (TPSA) is 147 Å². The summed E-state index contributed by atoms with van der Waals surface area (Å²) in [5.41, 5.74) is 4.38. The summed E-state index contributed by atoms with van der Waals surface area (Å²) in [6, 6.07) is -1.03. The number of hydrogen-bond donors (Lipinski definition) is 4. The van der Waals surface area contributed by atoms with Crippen molar-refractivity contribution in [3.05, 3.63) is 32.6 Å². The molecule has 0 fully saturated rings. The van der Waals surface area contributed by atoms with Gasteiger partial charge in [-0.15, -0.1) is 0 Å². The number of aromatic nitrogens is 2. The van der Waals surface area contributed by atoms with Crippen molar-refractivity contribution in [1.29, 1.82) is 0 Å². The molecule has 22 heavy (non-hydrogen) atoms. The molecule has 0 bridgehead atoms. The second-order valence-corrected chi connectivity index (χ2v) is 4.94. The first kappa shape index (κ1) is 17.6. The fraction of sp³-hybridized carbons (Fsp3) is 0.538. The number of carboxylic acids is 1. The Hall–Kier alpha value is -2.42. The average molecular weight is 312 g/mol. The Bertz CT molecular complexity index is 649. The number of aromatic amines is 1. The summed E-state index contributed by atoms with van der Waals surface area (Å²) < 4.78 is 1.02. The molecule has 1 rings (SSSR count). The van der Waals surface area contributed by atoms with Crippen molar-refractivity contribution in [2.45, 2.75) is 38.8 Å². The number of rotatable bonds is 8. The number of carbonyl (C=O) groups excluding carboxylic acids is 1. The van der Waals surface area contributed by atoms with E-state index in [1.807, 2.05) is 0 Å². The maximum Gasteiger partial charge on any atom is 0.328 e. The van der Waals surface area contributed by atoms with Crippen LogP contribution in [0.25, 0.3) is 0 Å². The Morgan fingerprint density at radius 3 is 2.68 bits per heavy atom. The van der Waals surface area contributed by atoms with Gasteiger partial charge in [-0.2, -0.15) is 0 Å². The van der Waals surface area contributed by atoms with Crippen molar-refractivity contribution < 1.29 is 14.7 Å². The van der Waals surface area contributed by atoms with Crippen LogP contribution in [0.4, 0.5) is 0 Å². The highest BCUT2D eigenvalue weighted by molar-refractivity contribution is 5.83. The predicted octanol–water partition coefficient (Wildman–Crippen LogP) is -1.46. The first-order chi connectivity index (χ1) is 10.3. The van der Waals surface area contributed by atoms with Gasteiger partial charge in [0.1, 0.15) is 12.6 Å². The highest BCUT2D eigenvalue weighted by Crippen LogP contribution is 2.01. The van der Waals surface area contributed by atoms with Crippen LogP contribution in [0.15, 0.2) is 15.8 Å². The van der Waals surface area contributed by atoms with Crippen LogP contribution >= 0.6 is 0 Å². The van der Waals surface area contributed by atoms with Gasteiger partial charge in [0.25, 0.3) is 5.56 Å². The number of carboxylic acid groups (broad SMARTS) is 1. The van der Waals surface area contributed by atoms with Crippen LogP contribution in [0.2, 0.25) is 0 Å². The van der Waals surface area contributed by atoms with Crippen LogP contribution in [0.5, 0.6) is 0 Å². The molecule has 1 atom stereocenters. The van der Waals surface area contributed by atoms with Crippen LogP contribution in [0.3, 0.4) is 0 Å². The van der Waals surface area contributed by atoms with E-state index in [9.17, 15) is 19.2 Å². The molecule has 0 radical (unpaired) electrons. The van der Waals surface area contributed by atoms with Gasteiger partial charge in [0.15, 0.2) is 0 Å². The monoisotopic (exact) mass is 312 g/mol. The molecule has 5 N–H and O–H groups in total. The number of nitrogens with zero attached hydrogens (tertiary/aromatic N) is 1. The molecule has 0 saturated heterocycles. The highest BCUT2D eigenvalue weighted by atomic mass is 16.4. The number of unbranched alkanes of at least 4 members (excludes halogenated alkanes) is 1. The summed E-state index contributed by atoms with van der Waals surface area (Å²) >= 11 is 0. The van der Waals surface area contributed by atoms with Crippen molar-refractivity contribution in [3.8, 4) is 0 Å². The molecular weight excluding hydrogens is 292 g/mol. The molecule has 0 aromatic carbocycles. The number of carbonyl (C=O) groups is 2. The molecule has 1 aromatic rings. The summed E-state index contributed by atoms with van der Waals surface area (Å²) in [4.78, 5) is 47.8. The minimum absolute atomic E-state index is 0.262. The number of hydrogen-bond acceptors (Lipinski definition) is 5. The van der Waals surface area contributed by atoms with E-state index in [1.54, 1.807) is 0 Å². The molecule has 0 aliphatic carbocycles. The van der Waals surface area contributed by atoms with Gasteiger partial charge in [-0.1, -0.05) is 0 Å². The Kier molecular flexibility index (Phi) is 6.51. The van der Waals surface area contributed by atoms with Gasteiger partial charge in [0, 0.05) is 11.8 Å². The second-order valence-electron chi connectivity index (χ2n) is 4.94. The van der Waals surface area contributed by atoms with Crippen molar-refractivity contribution in [2.75, 3.05) is 6.54 Å². The zero-order valence-corrected chi connectivity index (χ0v) is 12.3. The zero-order valence-electron chi connectivity index (χ0n) is 12.3. The third-order valence-electron chi connectivity index (χ3n) is 3.08. The van der Waals surface area contributed by atoms with Gasteiger partial charge < -0.3 is 16.2 Å². The van der Waals surface area contributed by atoms with Gasteiger partial charge in [-0.3, -0.25) is 19.1 Å². The second kappa shape index (κ2) is 8.13.